The number of hydrogen-bond acceptors (Lipinski definition) is 1. The Hall–Kier alpha value is 0.730. The van der Waals surface area contributed by atoms with E-state index in [9.17, 15) is 4.79 Å². The van der Waals surface area contributed by atoms with Crippen LogP contribution in [0.2, 0.25) is 0 Å². The number of carboxylic acid groups (broad SMARTS) is 1. The SMILES string of the molecule is CCCCCCCCCCCCCC(=O)O.[CaH2]. The molecule has 100 valence electrons. The van der Waals surface area contributed by atoms with Gasteiger partial charge < -0.3 is 5.11 Å². The molecule has 1 N–H and O–H groups in total. The molecule has 0 aromatic heterocycles. The van der Waals surface area contributed by atoms with Gasteiger partial charge in [0, 0.05) is 6.42 Å². The first-order valence-corrected chi connectivity index (χ1v) is 6.99. The molecular weight excluding hydrogens is 240 g/mol. The van der Waals surface area contributed by atoms with Crippen molar-refractivity contribution in [2.75, 3.05) is 0 Å². The number of aliphatic carboxylic acids is 1. The van der Waals surface area contributed by atoms with E-state index in [1.165, 1.54) is 57.8 Å². The summed E-state index contributed by atoms with van der Waals surface area (Å²) in [5, 5.41) is 8.46. The number of carbonyl (C=O) groups is 1. The van der Waals surface area contributed by atoms with Crippen LogP contribution in [0.5, 0.6) is 0 Å². The Kier molecular flexibility index (Phi) is 19.7. The Labute approximate surface area is 137 Å². The Morgan fingerprint density at radius 1 is 0.765 bits per heavy atom. The summed E-state index contributed by atoms with van der Waals surface area (Å²) in [6.07, 6.45) is 14.4. The molecule has 2 nitrogen and oxygen atoms in total. The third-order valence-corrected chi connectivity index (χ3v) is 2.99. The summed E-state index contributed by atoms with van der Waals surface area (Å²) in [5.74, 6) is -0.657. The van der Waals surface area contributed by atoms with Gasteiger partial charge in [-0.1, -0.05) is 71.1 Å². The fourth-order valence-corrected chi connectivity index (χ4v) is 1.94. The quantitative estimate of drug-likeness (QED) is 0.432. The number of carboxylic acids is 1. The zero-order valence-electron chi connectivity index (χ0n) is 10.8. The predicted octanol–water partition coefficient (Wildman–Crippen LogP) is 3.86. The van der Waals surface area contributed by atoms with E-state index < -0.39 is 5.97 Å². The van der Waals surface area contributed by atoms with E-state index in [2.05, 4.69) is 6.92 Å². The van der Waals surface area contributed by atoms with Gasteiger partial charge >= 0.3 is 43.7 Å². The van der Waals surface area contributed by atoms with Crippen LogP contribution in [-0.2, 0) is 4.79 Å². The third kappa shape index (κ3) is 19.3. The van der Waals surface area contributed by atoms with E-state index >= 15 is 0 Å². The number of unbranched alkanes of at least 4 members (excludes halogenated alkanes) is 10. The van der Waals surface area contributed by atoms with Gasteiger partial charge in [-0.25, -0.2) is 0 Å². The van der Waals surface area contributed by atoms with Gasteiger partial charge in [-0.2, -0.15) is 0 Å². The molecule has 0 unspecified atom stereocenters. The second-order valence-electron chi connectivity index (χ2n) is 4.68. The van der Waals surface area contributed by atoms with Crippen LogP contribution in [0.25, 0.3) is 0 Å². The molecule has 0 amide bonds. The van der Waals surface area contributed by atoms with Crippen molar-refractivity contribution in [2.45, 2.75) is 84.0 Å². The van der Waals surface area contributed by atoms with Gasteiger partial charge in [-0.15, -0.1) is 0 Å². The van der Waals surface area contributed by atoms with Crippen LogP contribution in [0.4, 0.5) is 0 Å². The molecule has 0 radical (unpaired) electrons. The summed E-state index contributed by atoms with van der Waals surface area (Å²) >= 11 is 0. The van der Waals surface area contributed by atoms with Gasteiger partial charge in [-0.05, 0) is 6.42 Å². The van der Waals surface area contributed by atoms with E-state index in [1.54, 1.807) is 0 Å². The molecule has 0 fully saturated rings. The summed E-state index contributed by atoms with van der Waals surface area (Å²) < 4.78 is 0. The normalized spacial score (nSPS) is 9.94. The zero-order chi connectivity index (χ0) is 12.1. The van der Waals surface area contributed by atoms with E-state index in [0.717, 1.165) is 12.8 Å². The number of hydrogen-bond donors (Lipinski definition) is 1. The van der Waals surface area contributed by atoms with Crippen LogP contribution in [0.1, 0.15) is 84.0 Å². The molecule has 0 heterocycles. The van der Waals surface area contributed by atoms with Crippen LogP contribution in [0, 0.1) is 0 Å². The van der Waals surface area contributed by atoms with Crippen LogP contribution < -0.4 is 0 Å². The van der Waals surface area contributed by atoms with E-state index in [-0.39, 0.29) is 37.7 Å². The number of rotatable bonds is 12. The van der Waals surface area contributed by atoms with Crippen LogP contribution in [0.3, 0.4) is 0 Å². The first-order valence-electron chi connectivity index (χ1n) is 6.99. The monoisotopic (exact) mass is 270 g/mol. The first-order chi connectivity index (χ1) is 7.77. The molecule has 0 rings (SSSR count). The van der Waals surface area contributed by atoms with Gasteiger partial charge in [-0.3, -0.25) is 4.79 Å². The maximum atomic E-state index is 10.3. The molecule has 0 saturated heterocycles. The van der Waals surface area contributed by atoms with Crippen molar-refractivity contribution in [1.29, 1.82) is 0 Å². The molecule has 0 bridgehead atoms. The van der Waals surface area contributed by atoms with Crippen molar-refractivity contribution < 1.29 is 9.90 Å². The van der Waals surface area contributed by atoms with Gasteiger partial charge in [0.2, 0.25) is 0 Å². The van der Waals surface area contributed by atoms with Crippen molar-refractivity contribution >= 4 is 43.7 Å². The topological polar surface area (TPSA) is 37.3 Å². The Balaban J connectivity index is 0. The van der Waals surface area contributed by atoms with Crippen LogP contribution in [0.15, 0.2) is 0 Å². The molecule has 0 aliphatic rings. The Morgan fingerprint density at radius 3 is 1.47 bits per heavy atom. The molecule has 0 aromatic carbocycles. The maximum absolute atomic E-state index is 10.3. The predicted molar refractivity (Wildman–Crippen MR) is 77.3 cm³/mol. The molecule has 0 aliphatic heterocycles. The van der Waals surface area contributed by atoms with Crippen molar-refractivity contribution in [3.63, 3.8) is 0 Å². The van der Waals surface area contributed by atoms with Gasteiger partial charge in [0.25, 0.3) is 0 Å². The van der Waals surface area contributed by atoms with E-state index in [0.29, 0.717) is 6.42 Å². The summed E-state index contributed by atoms with van der Waals surface area (Å²) in [7, 11) is 0. The van der Waals surface area contributed by atoms with Gasteiger partial charge in [0.15, 0.2) is 0 Å². The molecule has 0 aromatic rings. The van der Waals surface area contributed by atoms with Crippen LogP contribution >= 0.6 is 0 Å². The van der Waals surface area contributed by atoms with Crippen LogP contribution in [-0.4, -0.2) is 48.8 Å². The summed E-state index contributed by atoms with van der Waals surface area (Å²) in [6, 6.07) is 0. The average Bonchev–Trinajstić information content (AvgIpc) is 2.25. The van der Waals surface area contributed by atoms with E-state index in [4.69, 9.17) is 5.11 Å². The Morgan fingerprint density at radius 2 is 1.12 bits per heavy atom. The van der Waals surface area contributed by atoms with Crippen molar-refractivity contribution in [1.82, 2.24) is 0 Å². The second kappa shape index (κ2) is 16.7. The third-order valence-electron chi connectivity index (χ3n) is 2.99. The van der Waals surface area contributed by atoms with E-state index in [1.807, 2.05) is 0 Å². The molecule has 17 heavy (non-hydrogen) atoms. The minimum absolute atomic E-state index is 0. The summed E-state index contributed by atoms with van der Waals surface area (Å²) in [5.41, 5.74) is 0. The summed E-state index contributed by atoms with van der Waals surface area (Å²) in [4.78, 5) is 10.3. The first kappa shape index (κ1) is 20.1. The standard InChI is InChI=1S/C14H28O2.Ca.2H/c1-2-3-4-5-6-7-8-9-10-11-12-13-14(15)16;;;/h2-13H2,1H3,(H,15,16);;;. The Bertz CT molecular complexity index is 160. The fraction of sp³-hybridized carbons (Fsp3) is 0.929. The van der Waals surface area contributed by atoms with Crippen molar-refractivity contribution in [3.05, 3.63) is 0 Å². The molecule has 0 aliphatic carbocycles. The molecule has 0 saturated carbocycles. The molecule has 3 heteroatoms. The fourth-order valence-electron chi connectivity index (χ4n) is 1.94. The molecule has 0 spiro atoms. The molecule has 0 atom stereocenters. The summed E-state index contributed by atoms with van der Waals surface area (Å²) in [6.45, 7) is 2.25. The average molecular weight is 270 g/mol. The minimum atomic E-state index is -0.657. The zero-order valence-corrected chi connectivity index (χ0v) is 10.8. The van der Waals surface area contributed by atoms with Gasteiger partial charge in [0.1, 0.15) is 0 Å². The second-order valence-corrected chi connectivity index (χ2v) is 4.68. The van der Waals surface area contributed by atoms with Gasteiger partial charge in [0.05, 0.1) is 0 Å². The molecular formula is C14H30CaO2. The van der Waals surface area contributed by atoms with Crippen molar-refractivity contribution in [3.8, 4) is 0 Å². The van der Waals surface area contributed by atoms with Crippen molar-refractivity contribution in [2.24, 2.45) is 0 Å².